The number of carbonyl (C=O) groups is 1. The van der Waals surface area contributed by atoms with Crippen LogP contribution in [-0.2, 0) is 16.1 Å². The normalized spacial score (nSPS) is 21.9. The van der Waals surface area contributed by atoms with Crippen molar-refractivity contribution in [3.8, 4) is 0 Å². The maximum absolute atomic E-state index is 12.2. The van der Waals surface area contributed by atoms with Gasteiger partial charge >= 0.3 is 11.7 Å². The molecule has 1 heterocycles. The van der Waals surface area contributed by atoms with E-state index >= 15 is 0 Å². The van der Waals surface area contributed by atoms with Gasteiger partial charge in [-0.25, -0.2) is 4.79 Å². The van der Waals surface area contributed by atoms with Crippen molar-refractivity contribution in [2.75, 3.05) is 7.11 Å². The van der Waals surface area contributed by atoms with Gasteiger partial charge in [-0.15, -0.1) is 0 Å². The zero-order valence-corrected chi connectivity index (χ0v) is 14.1. The van der Waals surface area contributed by atoms with E-state index in [1.54, 1.807) is 0 Å². The van der Waals surface area contributed by atoms with Gasteiger partial charge in [0.25, 0.3) is 0 Å². The maximum atomic E-state index is 12.2. The third kappa shape index (κ3) is 2.97. The van der Waals surface area contributed by atoms with E-state index in [-0.39, 0.29) is 17.6 Å². The average molecular weight is 367 g/mol. The molecule has 22 heavy (non-hydrogen) atoms. The number of fused-ring (bicyclic) bond motifs is 1. The Labute approximate surface area is 136 Å². The second-order valence-electron chi connectivity index (χ2n) is 5.94. The van der Waals surface area contributed by atoms with Gasteiger partial charge < -0.3 is 9.72 Å². The van der Waals surface area contributed by atoms with Crippen LogP contribution in [-0.4, -0.2) is 22.6 Å². The second-order valence-corrected chi connectivity index (χ2v) is 6.86. The van der Waals surface area contributed by atoms with E-state index in [4.69, 9.17) is 4.74 Å². The first kappa shape index (κ1) is 15.3. The Hall–Kier alpha value is -1.56. The van der Waals surface area contributed by atoms with Crippen LogP contribution in [0.3, 0.4) is 0 Å². The van der Waals surface area contributed by atoms with Gasteiger partial charge in [0.05, 0.1) is 24.1 Å². The molecule has 0 unspecified atom stereocenters. The van der Waals surface area contributed by atoms with E-state index in [1.165, 1.54) is 7.11 Å². The highest BCUT2D eigenvalue weighted by molar-refractivity contribution is 9.10. The number of rotatable bonds is 3. The summed E-state index contributed by atoms with van der Waals surface area (Å²) in [5.41, 5.74) is 1.72. The lowest BCUT2D eigenvalue weighted by molar-refractivity contribution is -0.146. The molecule has 3 rings (SSSR count). The van der Waals surface area contributed by atoms with Crippen LogP contribution in [0.15, 0.2) is 27.5 Å². The molecule has 1 fully saturated rings. The molecule has 0 atom stereocenters. The standard InChI is InChI=1S/C16H19BrN2O3/c1-22-15(20)11-4-2-10(3-5-11)9-19-14-8-12(17)6-7-13(14)18-16(19)21/h6-8,10-11H,2-5,9H2,1H3,(H,18,21). The Morgan fingerprint density at radius 3 is 2.77 bits per heavy atom. The van der Waals surface area contributed by atoms with E-state index < -0.39 is 0 Å². The largest absolute Gasteiger partial charge is 0.469 e. The Morgan fingerprint density at radius 1 is 1.36 bits per heavy atom. The minimum absolute atomic E-state index is 0.0232. The molecule has 118 valence electrons. The predicted molar refractivity (Wildman–Crippen MR) is 87.7 cm³/mol. The summed E-state index contributed by atoms with van der Waals surface area (Å²) in [4.78, 5) is 26.6. The zero-order chi connectivity index (χ0) is 15.7. The molecule has 0 bridgehead atoms. The number of aromatic nitrogens is 2. The number of imidazole rings is 1. The number of nitrogens with zero attached hydrogens (tertiary/aromatic N) is 1. The summed E-state index contributed by atoms with van der Waals surface area (Å²) in [5, 5.41) is 0. The summed E-state index contributed by atoms with van der Waals surface area (Å²) in [6.45, 7) is 0.698. The number of hydrogen-bond donors (Lipinski definition) is 1. The molecular weight excluding hydrogens is 348 g/mol. The van der Waals surface area contributed by atoms with Crippen LogP contribution in [0.4, 0.5) is 0 Å². The van der Waals surface area contributed by atoms with Gasteiger partial charge in [-0.05, 0) is 49.8 Å². The van der Waals surface area contributed by atoms with Crippen molar-refractivity contribution in [2.45, 2.75) is 32.2 Å². The molecule has 5 nitrogen and oxygen atoms in total. The van der Waals surface area contributed by atoms with Crippen molar-refractivity contribution in [1.29, 1.82) is 0 Å². The van der Waals surface area contributed by atoms with Crippen molar-refractivity contribution in [3.05, 3.63) is 33.2 Å². The third-order valence-electron chi connectivity index (χ3n) is 4.56. The third-order valence-corrected chi connectivity index (χ3v) is 5.05. The van der Waals surface area contributed by atoms with Gasteiger partial charge in [0.2, 0.25) is 0 Å². The Balaban J connectivity index is 1.75. The van der Waals surface area contributed by atoms with E-state index in [9.17, 15) is 9.59 Å². The van der Waals surface area contributed by atoms with Crippen LogP contribution >= 0.6 is 15.9 Å². The fourth-order valence-electron chi connectivity index (χ4n) is 3.31. The average Bonchev–Trinajstić information content (AvgIpc) is 2.83. The van der Waals surface area contributed by atoms with Crippen LogP contribution < -0.4 is 5.69 Å². The van der Waals surface area contributed by atoms with Crippen molar-refractivity contribution in [2.24, 2.45) is 11.8 Å². The number of esters is 1. The zero-order valence-electron chi connectivity index (χ0n) is 12.5. The summed E-state index contributed by atoms with van der Waals surface area (Å²) in [5.74, 6) is 0.346. The van der Waals surface area contributed by atoms with E-state index in [0.717, 1.165) is 41.2 Å². The SMILES string of the molecule is COC(=O)C1CCC(Cn2c(=O)[nH]c3ccc(Br)cc32)CC1. The summed E-state index contributed by atoms with van der Waals surface area (Å²) in [7, 11) is 1.44. The van der Waals surface area contributed by atoms with Gasteiger partial charge in [0, 0.05) is 11.0 Å². The highest BCUT2D eigenvalue weighted by atomic mass is 79.9. The molecule has 1 aromatic heterocycles. The van der Waals surface area contributed by atoms with Gasteiger partial charge in [-0.2, -0.15) is 0 Å². The lowest BCUT2D eigenvalue weighted by Crippen LogP contribution is -2.27. The smallest absolute Gasteiger partial charge is 0.326 e. The number of aromatic amines is 1. The first-order chi connectivity index (χ1) is 10.6. The predicted octanol–water partition coefficient (Wildman–Crippen LogP) is 3.07. The van der Waals surface area contributed by atoms with Gasteiger partial charge in [0.1, 0.15) is 0 Å². The highest BCUT2D eigenvalue weighted by Gasteiger charge is 2.27. The number of halogens is 1. The fourth-order valence-corrected chi connectivity index (χ4v) is 3.66. The highest BCUT2D eigenvalue weighted by Crippen LogP contribution is 2.31. The molecule has 1 aliphatic carbocycles. The summed E-state index contributed by atoms with van der Waals surface area (Å²) in [6.07, 6.45) is 3.59. The molecule has 1 saturated carbocycles. The summed E-state index contributed by atoms with van der Waals surface area (Å²) in [6, 6.07) is 5.79. The first-order valence-corrected chi connectivity index (χ1v) is 8.33. The van der Waals surface area contributed by atoms with Crippen LogP contribution in [0, 0.1) is 11.8 Å². The summed E-state index contributed by atoms with van der Waals surface area (Å²) >= 11 is 3.45. The number of carbonyl (C=O) groups excluding carboxylic acids is 1. The number of ether oxygens (including phenoxy) is 1. The van der Waals surface area contributed by atoms with Crippen molar-refractivity contribution < 1.29 is 9.53 Å². The van der Waals surface area contributed by atoms with Crippen molar-refractivity contribution in [3.63, 3.8) is 0 Å². The number of benzene rings is 1. The van der Waals surface area contributed by atoms with Crippen molar-refractivity contribution >= 4 is 32.9 Å². The second kappa shape index (κ2) is 6.28. The van der Waals surface area contributed by atoms with Gasteiger partial charge in [-0.3, -0.25) is 9.36 Å². The van der Waals surface area contributed by atoms with E-state index in [1.807, 2.05) is 22.8 Å². The maximum Gasteiger partial charge on any atom is 0.326 e. The molecule has 2 aromatic rings. The topological polar surface area (TPSA) is 64.1 Å². The molecule has 0 spiro atoms. The lowest BCUT2D eigenvalue weighted by atomic mass is 9.82. The molecular formula is C16H19BrN2O3. The Bertz CT molecular complexity index is 741. The quantitative estimate of drug-likeness (QED) is 0.848. The molecule has 0 amide bonds. The number of methoxy groups -OCH3 is 1. The molecule has 1 aromatic carbocycles. The van der Waals surface area contributed by atoms with Crippen LogP contribution in [0.2, 0.25) is 0 Å². The van der Waals surface area contributed by atoms with Crippen LogP contribution in [0.25, 0.3) is 11.0 Å². The van der Waals surface area contributed by atoms with Gasteiger partial charge in [0.15, 0.2) is 0 Å². The monoisotopic (exact) mass is 366 g/mol. The Kier molecular flexibility index (Phi) is 4.38. The van der Waals surface area contributed by atoms with Crippen molar-refractivity contribution in [1.82, 2.24) is 9.55 Å². The van der Waals surface area contributed by atoms with Crippen LogP contribution in [0.5, 0.6) is 0 Å². The van der Waals surface area contributed by atoms with E-state index in [0.29, 0.717) is 12.5 Å². The van der Waals surface area contributed by atoms with Crippen LogP contribution in [0.1, 0.15) is 25.7 Å². The first-order valence-electron chi connectivity index (χ1n) is 7.54. The van der Waals surface area contributed by atoms with E-state index in [2.05, 4.69) is 20.9 Å². The molecule has 0 saturated heterocycles. The number of H-pyrrole nitrogens is 1. The number of nitrogens with one attached hydrogen (secondary N) is 1. The van der Waals surface area contributed by atoms with Gasteiger partial charge in [-0.1, -0.05) is 15.9 Å². The molecule has 1 N–H and O–H groups in total. The molecule has 1 aliphatic rings. The fraction of sp³-hybridized carbons (Fsp3) is 0.500. The molecule has 6 heteroatoms. The molecule has 0 radical (unpaired) electrons. The minimum atomic E-state index is -0.105. The number of hydrogen-bond acceptors (Lipinski definition) is 3. The minimum Gasteiger partial charge on any atom is -0.469 e. The lowest BCUT2D eigenvalue weighted by Gasteiger charge is -2.27. The summed E-state index contributed by atoms with van der Waals surface area (Å²) < 4.78 is 7.59. The Morgan fingerprint density at radius 2 is 2.09 bits per heavy atom. The molecule has 0 aliphatic heterocycles.